The lowest BCUT2D eigenvalue weighted by molar-refractivity contribution is -0.122. The van der Waals surface area contributed by atoms with Gasteiger partial charge in [0.25, 0.3) is 11.8 Å². The monoisotopic (exact) mass is 424 g/mol. The second-order valence-electron chi connectivity index (χ2n) is 6.07. The van der Waals surface area contributed by atoms with Crippen molar-refractivity contribution < 1.29 is 23.9 Å². The number of hydrogen-bond donors (Lipinski definition) is 1. The number of carbonyl (C=O) groups excluding carboxylic acids is 3. The Morgan fingerprint density at radius 1 is 1.13 bits per heavy atom. The number of ether oxygens (including phenoxy) is 2. The number of nitrogens with zero attached hydrogens (tertiary/aromatic N) is 1. The van der Waals surface area contributed by atoms with E-state index in [4.69, 9.17) is 27.5 Å². The van der Waals surface area contributed by atoms with Gasteiger partial charge in [0.05, 0.1) is 12.3 Å². The number of imide groups is 2. The Kier molecular flexibility index (Phi) is 6.40. The van der Waals surface area contributed by atoms with E-state index >= 15 is 0 Å². The van der Waals surface area contributed by atoms with Crippen LogP contribution in [0.4, 0.5) is 10.5 Å². The largest absolute Gasteiger partial charge is 0.490 e. The van der Waals surface area contributed by atoms with Gasteiger partial charge >= 0.3 is 6.03 Å². The third-order valence-corrected chi connectivity index (χ3v) is 4.29. The third kappa shape index (κ3) is 4.45. The maximum Gasteiger partial charge on any atom is 0.335 e. The molecule has 1 fully saturated rings. The first-order chi connectivity index (χ1) is 14.4. The van der Waals surface area contributed by atoms with Gasteiger partial charge in [0.2, 0.25) is 0 Å². The van der Waals surface area contributed by atoms with E-state index in [2.05, 4.69) is 11.2 Å². The van der Waals surface area contributed by atoms with Crippen molar-refractivity contribution in [2.24, 2.45) is 0 Å². The lowest BCUT2D eigenvalue weighted by Gasteiger charge is -2.26. The number of carbonyl (C=O) groups is 3. The number of rotatable bonds is 6. The van der Waals surface area contributed by atoms with Crippen molar-refractivity contribution in [1.29, 1.82) is 0 Å². The molecule has 1 heterocycles. The average Bonchev–Trinajstić information content (AvgIpc) is 2.70. The Labute approximate surface area is 178 Å². The number of hydrogen-bond acceptors (Lipinski definition) is 5. The van der Waals surface area contributed by atoms with Crippen molar-refractivity contribution in [1.82, 2.24) is 5.32 Å². The molecule has 0 radical (unpaired) electrons. The lowest BCUT2D eigenvalue weighted by atomic mass is 10.1. The Balaban J connectivity index is 1.98. The average molecular weight is 425 g/mol. The van der Waals surface area contributed by atoms with Gasteiger partial charge in [0, 0.05) is 5.02 Å². The Morgan fingerprint density at radius 2 is 1.93 bits per heavy atom. The fourth-order valence-corrected chi connectivity index (χ4v) is 2.98. The number of nitrogens with one attached hydrogen (secondary N) is 1. The smallest absolute Gasteiger partial charge is 0.335 e. The Morgan fingerprint density at radius 3 is 2.63 bits per heavy atom. The first kappa shape index (κ1) is 21.0. The summed E-state index contributed by atoms with van der Waals surface area (Å²) in [5.41, 5.74) is 0.538. The number of halogens is 1. The van der Waals surface area contributed by atoms with E-state index in [1.165, 1.54) is 12.1 Å². The molecule has 1 aliphatic heterocycles. The van der Waals surface area contributed by atoms with E-state index in [-0.39, 0.29) is 17.9 Å². The molecule has 4 amide bonds. The second kappa shape index (κ2) is 9.16. The van der Waals surface area contributed by atoms with Gasteiger partial charge in [-0.25, -0.2) is 9.69 Å². The van der Waals surface area contributed by atoms with E-state index < -0.39 is 17.8 Å². The van der Waals surface area contributed by atoms with Crippen LogP contribution in [0, 0.1) is 12.3 Å². The topological polar surface area (TPSA) is 84.9 Å². The number of terminal acetylenes is 1. The van der Waals surface area contributed by atoms with Crippen LogP contribution in [0.2, 0.25) is 5.02 Å². The quantitative estimate of drug-likeness (QED) is 0.436. The Bertz CT molecular complexity index is 1090. The normalized spacial score (nSPS) is 15.0. The zero-order chi connectivity index (χ0) is 21.7. The van der Waals surface area contributed by atoms with Crippen molar-refractivity contribution in [3.8, 4) is 23.8 Å². The summed E-state index contributed by atoms with van der Waals surface area (Å²) in [6.07, 6.45) is 6.59. The summed E-state index contributed by atoms with van der Waals surface area (Å²) in [7, 11) is 0. The molecule has 0 bridgehead atoms. The first-order valence-corrected chi connectivity index (χ1v) is 9.32. The van der Waals surface area contributed by atoms with Crippen LogP contribution in [0.3, 0.4) is 0 Å². The van der Waals surface area contributed by atoms with E-state index in [0.717, 1.165) is 4.90 Å². The maximum absolute atomic E-state index is 12.9. The second-order valence-corrected chi connectivity index (χ2v) is 6.51. The number of barbiturate groups is 1. The molecule has 152 valence electrons. The summed E-state index contributed by atoms with van der Waals surface area (Å²) >= 11 is 5.96. The van der Waals surface area contributed by atoms with Crippen LogP contribution in [0.1, 0.15) is 12.5 Å². The molecule has 0 aliphatic carbocycles. The molecule has 7 nitrogen and oxygen atoms in total. The third-order valence-electron chi connectivity index (χ3n) is 4.06. The van der Waals surface area contributed by atoms with E-state index in [0.29, 0.717) is 28.7 Å². The molecule has 0 unspecified atom stereocenters. The minimum Gasteiger partial charge on any atom is -0.490 e. The summed E-state index contributed by atoms with van der Waals surface area (Å²) in [6, 6.07) is 10.2. The van der Waals surface area contributed by atoms with Gasteiger partial charge in [-0.3, -0.25) is 14.9 Å². The number of urea groups is 1. The molecule has 0 atom stereocenters. The predicted molar refractivity (Wildman–Crippen MR) is 112 cm³/mol. The van der Waals surface area contributed by atoms with Crippen LogP contribution in [-0.2, 0) is 9.59 Å². The predicted octanol–water partition coefficient (Wildman–Crippen LogP) is 3.42. The molecule has 1 N–H and O–H groups in total. The SMILES string of the molecule is C#CCOc1ccc(/C=C2\C(=O)NC(=O)N(c3cccc(Cl)c3)C2=O)cc1OCC. The molecule has 0 saturated carbocycles. The molecule has 0 spiro atoms. The number of amides is 4. The highest BCUT2D eigenvalue weighted by Gasteiger charge is 2.36. The van der Waals surface area contributed by atoms with Gasteiger partial charge in [-0.1, -0.05) is 29.7 Å². The summed E-state index contributed by atoms with van der Waals surface area (Å²) < 4.78 is 11.0. The summed E-state index contributed by atoms with van der Waals surface area (Å²) in [5.74, 6) is 1.66. The fraction of sp³-hybridized carbons (Fsp3) is 0.136. The molecular formula is C22H17ClN2O5. The minimum atomic E-state index is -0.850. The first-order valence-electron chi connectivity index (χ1n) is 8.94. The van der Waals surface area contributed by atoms with Crippen molar-refractivity contribution in [3.63, 3.8) is 0 Å². The van der Waals surface area contributed by atoms with Gasteiger partial charge in [-0.15, -0.1) is 6.42 Å². The highest BCUT2D eigenvalue weighted by atomic mass is 35.5. The molecule has 3 rings (SSSR count). The molecular weight excluding hydrogens is 408 g/mol. The molecule has 8 heteroatoms. The van der Waals surface area contributed by atoms with Crippen molar-refractivity contribution in [2.45, 2.75) is 6.92 Å². The minimum absolute atomic E-state index is 0.0676. The van der Waals surface area contributed by atoms with Crippen molar-refractivity contribution in [2.75, 3.05) is 18.1 Å². The van der Waals surface area contributed by atoms with Gasteiger partial charge in [-0.05, 0) is 48.9 Å². The molecule has 30 heavy (non-hydrogen) atoms. The number of benzene rings is 2. The zero-order valence-corrected chi connectivity index (χ0v) is 16.7. The van der Waals surface area contributed by atoms with Crippen molar-refractivity contribution in [3.05, 3.63) is 58.6 Å². The summed E-state index contributed by atoms with van der Waals surface area (Å²) in [4.78, 5) is 38.4. The molecule has 0 aromatic heterocycles. The summed E-state index contributed by atoms with van der Waals surface area (Å²) in [6.45, 7) is 2.25. The Hall–Kier alpha value is -3.76. The van der Waals surface area contributed by atoms with Crippen LogP contribution < -0.4 is 19.7 Å². The summed E-state index contributed by atoms with van der Waals surface area (Å²) in [5, 5.41) is 2.51. The van der Waals surface area contributed by atoms with Crippen LogP contribution in [0.5, 0.6) is 11.5 Å². The van der Waals surface area contributed by atoms with Gasteiger partial charge in [0.15, 0.2) is 11.5 Å². The molecule has 1 aliphatic rings. The lowest BCUT2D eigenvalue weighted by Crippen LogP contribution is -2.54. The van der Waals surface area contributed by atoms with Crippen LogP contribution in [-0.4, -0.2) is 31.1 Å². The van der Waals surface area contributed by atoms with E-state index in [1.54, 1.807) is 36.4 Å². The zero-order valence-electron chi connectivity index (χ0n) is 16.0. The van der Waals surface area contributed by atoms with E-state index in [1.807, 2.05) is 6.92 Å². The fourth-order valence-electron chi connectivity index (χ4n) is 2.80. The molecule has 1 saturated heterocycles. The highest BCUT2D eigenvalue weighted by molar-refractivity contribution is 6.39. The molecule has 2 aromatic rings. The maximum atomic E-state index is 12.9. The van der Waals surface area contributed by atoms with Crippen molar-refractivity contribution >= 4 is 41.2 Å². The van der Waals surface area contributed by atoms with Crippen LogP contribution in [0.25, 0.3) is 6.08 Å². The van der Waals surface area contributed by atoms with Crippen LogP contribution in [0.15, 0.2) is 48.0 Å². The van der Waals surface area contributed by atoms with Gasteiger partial charge in [-0.2, -0.15) is 0 Å². The van der Waals surface area contributed by atoms with Gasteiger partial charge < -0.3 is 9.47 Å². The van der Waals surface area contributed by atoms with E-state index in [9.17, 15) is 14.4 Å². The van der Waals surface area contributed by atoms with Crippen LogP contribution >= 0.6 is 11.6 Å². The molecule has 2 aromatic carbocycles. The standard InChI is InChI=1S/C22H17ClN2O5/c1-3-10-30-18-9-8-14(12-19(18)29-4-2)11-17-20(26)24-22(28)25(21(17)27)16-7-5-6-15(23)13-16/h1,5-9,11-13H,4,10H2,2H3,(H,24,26,28)/b17-11+. The number of anilines is 1. The highest BCUT2D eigenvalue weighted by Crippen LogP contribution is 2.30. The van der Waals surface area contributed by atoms with Gasteiger partial charge in [0.1, 0.15) is 12.2 Å².